The lowest BCUT2D eigenvalue weighted by atomic mass is 10.1. The van der Waals surface area contributed by atoms with Crippen molar-refractivity contribution in [3.05, 3.63) is 83.6 Å². The van der Waals surface area contributed by atoms with Crippen LogP contribution in [0, 0.1) is 0 Å². The van der Waals surface area contributed by atoms with Gasteiger partial charge in [-0.2, -0.15) is 4.98 Å². The maximum atomic E-state index is 12.6. The topological polar surface area (TPSA) is 78.3 Å². The Kier molecular flexibility index (Phi) is 5.03. The molecule has 1 aliphatic heterocycles. The number of nitrogens with one attached hydrogen (secondary N) is 1. The summed E-state index contributed by atoms with van der Waals surface area (Å²) in [4.78, 5) is 24.6. The third kappa shape index (κ3) is 3.84. The summed E-state index contributed by atoms with van der Waals surface area (Å²) < 4.78 is 5.48. The Morgan fingerprint density at radius 2 is 1.77 bits per heavy atom. The average Bonchev–Trinajstić information content (AvgIpc) is 3.42. The number of hydrogen-bond donors (Lipinski definition) is 1. The number of fused-ring (bicyclic) bond motifs is 1. The first kappa shape index (κ1) is 18.6. The molecule has 0 bridgehead atoms. The van der Waals surface area contributed by atoms with Crippen molar-refractivity contribution < 1.29 is 9.32 Å². The predicted molar refractivity (Wildman–Crippen MR) is 113 cm³/mol. The molecular weight excluding hydrogens is 378 g/mol. The molecule has 1 amide bonds. The normalized spacial score (nSPS) is 15.0. The number of hydrogen-bond acceptors (Lipinski definition) is 5. The molecule has 0 atom stereocenters. The SMILES string of the molecule is O=C(c1ccccc1)N1CCN(Cc2noc(Cc3c[nH]c4ccccc34)n2)CC1. The van der Waals surface area contributed by atoms with Gasteiger partial charge in [0.25, 0.3) is 5.91 Å². The molecule has 0 unspecified atom stereocenters. The first-order valence-electron chi connectivity index (χ1n) is 10.2. The summed E-state index contributed by atoms with van der Waals surface area (Å²) in [6.45, 7) is 3.63. The van der Waals surface area contributed by atoms with Gasteiger partial charge in [0.15, 0.2) is 5.82 Å². The van der Waals surface area contributed by atoms with Crippen molar-refractivity contribution in [1.82, 2.24) is 24.9 Å². The van der Waals surface area contributed by atoms with Gasteiger partial charge in [-0.15, -0.1) is 0 Å². The molecular formula is C23H23N5O2. The van der Waals surface area contributed by atoms with E-state index >= 15 is 0 Å². The lowest BCUT2D eigenvalue weighted by Crippen LogP contribution is -2.48. The summed E-state index contributed by atoms with van der Waals surface area (Å²) in [5.74, 6) is 1.40. The molecule has 2 aromatic carbocycles. The number of rotatable bonds is 5. The van der Waals surface area contributed by atoms with E-state index in [-0.39, 0.29) is 5.91 Å². The summed E-state index contributed by atoms with van der Waals surface area (Å²) in [6.07, 6.45) is 2.61. The zero-order valence-electron chi connectivity index (χ0n) is 16.6. The van der Waals surface area contributed by atoms with Crippen LogP contribution < -0.4 is 0 Å². The van der Waals surface area contributed by atoms with Gasteiger partial charge in [0.2, 0.25) is 5.89 Å². The fourth-order valence-corrected chi connectivity index (χ4v) is 3.94. The largest absolute Gasteiger partial charge is 0.361 e. The maximum Gasteiger partial charge on any atom is 0.253 e. The number of H-pyrrole nitrogens is 1. The second kappa shape index (κ2) is 8.12. The Labute approximate surface area is 174 Å². The molecule has 1 saturated heterocycles. The highest BCUT2D eigenvalue weighted by Crippen LogP contribution is 2.20. The van der Waals surface area contributed by atoms with Crippen molar-refractivity contribution in [3.63, 3.8) is 0 Å². The van der Waals surface area contributed by atoms with Crippen LogP contribution in [-0.4, -0.2) is 57.0 Å². The third-order valence-corrected chi connectivity index (χ3v) is 5.57. The van der Waals surface area contributed by atoms with Crippen molar-refractivity contribution in [2.45, 2.75) is 13.0 Å². The van der Waals surface area contributed by atoms with Gasteiger partial charge >= 0.3 is 0 Å². The minimum atomic E-state index is 0.0934. The predicted octanol–water partition coefficient (Wildman–Crippen LogP) is 3.10. The Balaban J connectivity index is 1.17. The molecule has 0 radical (unpaired) electrons. The van der Waals surface area contributed by atoms with Crippen molar-refractivity contribution in [2.75, 3.05) is 26.2 Å². The zero-order valence-corrected chi connectivity index (χ0v) is 16.6. The van der Waals surface area contributed by atoms with E-state index in [4.69, 9.17) is 4.52 Å². The zero-order chi connectivity index (χ0) is 20.3. The third-order valence-electron chi connectivity index (χ3n) is 5.57. The summed E-state index contributed by atoms with van der Waals surface area (Å²) in [5.41, 5.74) is 3.00. The van der Waals surface area contributed by atoms with Gasteiger partial charge in [0.1, 0.15) is 0 Å². The van der Waals surface area contributed by atoms with E-state index in [1.54, 1.807) is 0 Å². The van der Waals surface area contributed by atoms with Crippen LogP contribution in [0.15, 0.2) is 65.3 Å². The van der Waals surface area contributed by atoms with Gasteiger partial charge in [0.05, 0.1) is 13.0 Å². The van der Waals surface area contributed by atoms with E-state index in [0.717, 1.165) is 29.7 Å². The molecule has 7 nitrogen and oxygen atoms in total. The van der Waals surface area contributed by atoms with Crippen LogP contribution in [0.4, 0.5) is 0 Å². The highest BCUT2D eigenvalue weighted by Gasteiger charge is 2.23. The van der Waals surface area contributed by atoms with Gasteiger partial charge < -0.3 is 14.4 Å². The van der Waals surface area contributed by atoms with Gasteiger partial charge in [-0.1, -0.05) is 41.6 Å². The molecule has 1 fully saturated rings. The molecule has 152 valence electrons. The standard InChI is InChI=1S/C23H23N5O2/c29-23(17-6-2-1-3-7-17)28-12-10-27(11-13-28)16-21-25-22(30-26-21)14-18-15-24-20-9-5-4-8-19(18)20/h1-9,15,24H,10-14,16H2. The molecule has 1 aliphatic rings. The van der Waals surface area contributed by atoms with Gasteiger partial charge in [-0.3, -0.25) is 9.69 Å². The number of carbonyl (C=O) groups excluding carboxylic acids is 1. The van der Waals surface area contributed by atoms with Crippen LogP contribution in [0.25, 0.3) is 10.9 Å². The molecule has 4 aromatic rings. The second-order valence-corrected chi connectivity index (χ2v) is 7.57. The van der Waals surface area contributed by atoms with E-state index in [0.29, 0.717) is 37.8 Å². The molecule has 7 heteroatoms. The number of aromatic amines is 1. The van der Waals surface area contributed by atoms with E-state index in [9.17, 15) is 4.79 Å². The second-order valence-electron chi connectivity index (χ2n) is 7.57. The van der Waals surface area contributed by atoms with Crippen LogP contribution in [0.1, 0.15) is 27.6 Å². The summed E-state index contributed by atoms with van der Waals surface area (Å²) in [5, 5.41) is 5.33. The number of piperazine rings is 1. The molecule has 5 rings (SSSR count). The summed E-state index contributed by atoms with van der Waals surface area (Å²) in [6, 6.07) is 17.6. The van der Waals surface area contributed by atoms with E-state index in [2.05, 4.69) is 32.2 Å². The number of carbonyl (C=O) groups is 1. The Morgan fingerprint density at radius 1 is 1.00 bits per heavy atom. The fraction of sp³-hybridized carbons (Fsp3) is 0.261. The molecule has 0 aliphatic carbocycles. The van der Waals surface area contributed by atoms with Crippen molar-refractivity contribution >= 4 is 16.8 Å². The van der Waals surface area contributed by atoms with Crippen molar-refractivity contribution in [1.29, 1.82) is 0 Å². The quantitative estimate of drug-likeness (QED) is 0.556. The van der Waals surface area contributed by atoms with Crippen molar-refractivity contribution in [3.8, 4) is 0 Å². The molecule has 0 saturated carbocycles. The van der Waals surface area contributed by atoms with E-state index in [1.807, 2.05) is 53.6 Å². The Morgan fingerprint density at radius 3 is 2.60 bits per heavy atom. The molecule has 30 heavy (non-hydrogen) atoms. The highest BCUT2D eigenvalue weighted by molar-refractivity contribution is 5.94. The first-order chi connectivity index (χ1) is 14.8. The van der Waals surface area contributed by atoms with Crippen LogP contribution in [0.5, 0.6) is 0 Å². The Hall–Kier alpha value is -3.45. The number of nitrogens with zero attached hydrogens (tertiary/aromatic N) is 4. The van der Waals surface area contributed by atoms with E-state index < -0.39 is 0 Å². The smallest absolute Gasteiger partial charge is 0.253 e. The maximum absolute atomic E-state index is 12.6. The lowest BCUT2D eigenvalue weighted by Gasteiger charge is -2.34. The Bertz CT molecular complexity index is 1140. The van der Waals surface area contributed by atoms with Gasteiger partial charge in [-0.25, -0.2) is 0 Å². The number of aromatic nitrogens is 3. The van der Waals surface area contributed by atoms with Crippen LogP contribution >= 0.6 is 0 Å². The molecule has 2 aromatic heterocycles. The number of amides is 1. The van der Waals surface area contributed by atoms with Crippen LogP contribution in [0.2, 0.25) is 0 Å². The minimum Gasteiger partial charge on any atom is -0.361 e. The van der Waals surface area contributed by atoms with E-state index in [1.165, 1.54) is 5.39 Å². The van der Waals surface area contributed by atoms with Crippen molar-refractivity contribution in [2.24, 2.45) is 0 Å². The average molecular weight is 401 g/mol. The molecule has 3 heterocycles. The monoisotopic (exact) mass is 401 g/mol. The minimum absolute atomic E-state index is 0.0934. The lowest BCUT2D eigenvalue weighted by molar-refractivity contribution is 0.0624. The first-order valence-corrected chi connectivity index (χ1v) is 10.2. The fourth-order valence-electron chi connectivity index (χ4n) is 3.94. The van der Waals surface area contributed by atoms with Crippen LogP contribution in [-0.2, 0) is 13.0 Å². The summed E-state index contributed by atoms with van der Waals surface area (Å²) >= 11 is 0. The van der Waals surface area contributed by atoms with Gasteiger partial charge in [0, 0.05) is 48.8 Å². The number of benzene rings is 2. The summed E-state index contributed by atoms with van der Waals surface area (Å²) in [7, 11) is 0. The molecule has 0 spiro atoms. The van der Waals surface area contributed by atoms with Gasteiger partial charge in [-0.05, 0) is 23.8 Å². The molecule has 1 N–H and O–H groups in total. The number of para-hydroxylation sites is 1. The highest BCUT2D eigenvalue weighted by atomic mass is 16.5. The van der Waals surface area contributed by atoms with Crippen LogP contribution in [0.3, 0.4) is 0 Å².